The van der Waals surface area contributed by atoms with Gasteiger partial charge in [0.05, 0.1) is 6.26 Å². The molecule has 0 aromatic heterocycles. The second kappa shape index (κ2) is 7.49. The molecule has 0 radical (unpaired) electrons. The van der Waals surface area contributed by atoms with Crippen LogP contribution in [0.2, 0.25) is 0 Å². The molecule has 2 aromatic rings. The van der Waals surface area contributed by atoms with Gasteiger partial charge in [-0.15, -0.1) is 0 Å². The van der Waals surface area contributed by atoms with Crippen LogP contribution in [0.25, 0.3) is 6.08 Å². The highest BCUT2D eigenvalue weighted by atomic mass is 32.2. The van der Waals surface area contributed by atoms with Crippen LogP contribution in [0.5, 0.6) is 11.5 Å². The maximum atomic E-state index is 12.0. The van der Waals surface area contributed by atoms with Crippen molar-refractivity contribution in [3.63, 3.8) is 0 Å². The summed E-state index contributed by atoms with van der Waals surface area (Å²) < 4.78 is 35.6. The molecule has 1 amide bonds. The third kappa shape index (κ3) is 5.00. The van der Waals surface area contributed by atoms with E-state index >= 15 is 0 Å². The van der Waals surface area contributed by atoms with Gasteiger partial charge in [-0.1, -0.05) is 12.1 Å². The van der Waals surface area contributed by atoms with E-state index < -0.39 is 10.0 Å². The second-order valence-corrected chi connectivity index (χ2v) is 7.43. The predicted molar refractivity (Wildman–Crippen MR) is 100 cm³/mol. The molecule has 0 spiro atoms. The number of amides is 1. The number of ether oxygens (including phenoxy) is 2. The first-order valence-electron chi connectivity index (χ1n) is 7.86. The molecule has 136 valence electrons. The second-order valence-electron chi connectivity index (χ2n) is 5.68. The van der Waals surface area contributed by atoms with E-state index in [0.717, 1.165) is 11.8 Å². The Labute approximate surface area is 151 Å². The van der Waals surface area contributed by atoms with Crippen molar-refractivity contribution in [2.45, 2.75) is 0 Å². The molecule has 0 saturated carbocycles. The number of carbonyl (C=O) groups is 1. The Morgan fingerprint density at radius 2 is 1.65 bits per heavy atom. The summed E-state index contributed by atoms with van der Waals surface area (Å²) in [6.45, 7) is 0.994. The van der Waals surface area contributed by atoms with Gasteiger partial charge >= 0.3 is 0 Å². The van der Waals surface area contributed by atoms with Crippen LogP contribution in [0, 0.1) is 0 Å². The minimum Gasteiger partial charge on any atom is -0.486 e. The molecule has 26 heavy (non-hydrogen) atoms. The first-order valence-corrected chi connectivity index (χ1v) is 9.75. The first kappa shape index (κ1) is 17.8. The maximum Gasteiger partial charge on any atom is 0.248 e. The highest BCUT2D eigenvalue weighted by Crippen LogP contribution is 2.32. The molecule has 0 atom stereocenters. The van der Waals surface area contributed by atoms with Crippen molar-refractivity contribution in [1.29, 1.82) is 0 Å². The van der Waals surface area contributed by atoms with Crippen LogP contribution in [0.4, 0.5) is 11.4 Å². The molecular weight excluding hydrogens is 356 g/mol. The lowest BCUT2D eigenvalue weighted by molar-refractivity contribution is -0.111. The van der Waals surface area contributed by atoms with Crippen molar-refractivity contribution in [2.24, 2.45) is 0 Å². The van der Waals surface area contributed by atoms with Crippen LogP contribution in [0.15, 0.2) is 48.5 Å². The van der Waals surface area contributed by atoms with Gasteiger partial charge in [0.15, 0.2) is 11.5 Å². The summed E-state index contributed by atoms with van der Waals surface area (Å²) in [5.74, 6) is 0.972. The number of sulfonamides is 1. The molecule has 1 heterocycles. The smallest absolute Gasteiger partial charge is 0.248 e. The molecule has 0 aliphatic carbocycles. The number of hydrogen-bond donors (Lipinski definition) is 2. The quantitative estimate of drug-likeness (QED) is 0.784. The number of rotatable bonds is 5. The van der Waals surface area contributed by atoms with Crippen molar-refractivity contribution < 1.29 is 22.7 Å². The number of benzene rings is 2. The van der Waals surface area contributed by atoms with Crippen LogP contribution >= 0.6 is 0 Å². The van der Waals surface area contributed by atoms with E-state index in [1.165, 1.54) is 6.08 Å². The van der Waals surface area contributed by atoms with E-state index in [1.807, 2.05) is 0 Å². The van der Waals surface area contributed by atoms with Crippen LogP contribution in [0.1, 0.15) is 5.56 Å². The van der Waals surface area contributed by atoms with Crippen molar-refractivity contribution in [3.05, 3.63) is 54.1 Å². The summed E-state index contributed by atoms with van der Waals surface area (Å²) in [5.41, 5.74) is 1.84. The summed E-state index contributed by atoms with van der Waals surface area (Å²) in [4.78, 5) is 12.0. The largest absolute Gasteiger partial charge is 0.486 e. The summed E-state index contributed by atoms with van der Waals surface area (Å²) in [6.07, 6.45) is 4.12. The zero-order chi connectivity index (χ0) is 18.6. The van der Waals surface area contributed by atoms with E-state index in [1.54, 1.807) is 48.5 Å². The van der Waals surface area contributed by atoms with Crippen molar-refractivity contribution in [1.82, 2.24) is 0 Å². The van der Waals surface area contributed by atoms with Gasteiger partial charge in [-0.2, -0.15) is 0 Å². The van der Waals surface area contributed by atoms with Gasteiger partial charge in [0, 0.05) is 23.5 Å². The molecule has 0 saturated heterocycles. The van der Waals surface area contributed by atoms with E-state index in [-0.39, 0.29) is 5.91 Å². The van der Waals surface area contributed by atoms with Crippen LogP contribution in [-0.4, -0.2) is 33.8 Å². The third-order valence-corrected chi connectivity index (χ3v) is 4.06. The Morgan fingerprint density at radius 1 is 1.00 bits per heavy atom. The molecule has 0 fully saturated rings. The minimum atomic E-state index is -3.31. The Morgan fingerprint density at radius 3 is 2.35 bits per heavy atom. The van der Waals surface area contributed by atoms with Crippen molar-refractivity contribution in [3.8, 4) is 11.5 Å². The van der Waals surface area contributed by atoms with E-state index in [2.05, 4.69) is 10.0 Å². The molecule has 2 N–H and O–H groups in total. The highest BCUT2D eigenvalue weighted by Gasteiger charge is 2.12. The molecule has 1 aliphatic heterocycles. The lowest BCUT2D eigenvalue weighted by atomic mass is 10.2. The van der Waals surface area contributed by atoms with Crippen molar-refractivity contribution >= 4 is 33.4 Å². The number of fused-ring (bicyclic) bond motifs is 1. The maximum absolute atomic E-state index is 12.0. The summed E-state index contributed by atoms with van der Waals surface area (Å²) in [5, 5.41) is 2.75. The lowest BCUT2D eigenvalue weighted by Crippen LogP contribution is -2.16. The molecule has 0 bridgehead atoms. The first-order chi connectivity index (χ1) is 12.4. The average Bonchev–Trinajstić information content (AvgIpc) is 2.60. The van der Waals surface area contributed by atoms with Gasteiger partial charge in [-0.25, -0.2) is 8.42 Å². The van der Waals surface area contributed by atoms with Gasteiger partial charge in [0.2, 0.25) is 15.9 Å². The molecule has 8 heteroatoms. The van der Waals surface area contributed by atoms with Gasteiger partial charge in [0.1, 0.15) is 13.2 Å². The summed E-state index contributed by atoms with van der Waals surface area (Å²) >= 11 is 0. The van der Waals surface area contributed by atoms with Crippen molar-refractivity contribution in [2.75, 3.05) is 29.5 Å². The van der Waals surface area contributed by atoms with E-state index in [0.29, 0.717) is 36.1 Å². The molecular formula is C18H18N2O5S. The Kier molecular flexibility index (Phi) is 5.13. The van der Waals surface area contributed by atoms with Gasteiger partial charge < -0.3 is 14.8 Å². The molecule has 0 unspecified atom stereocenters. The highest BCUT2D eigenvalue weighted by molar-refractivity contribution is 7.92. The number of anilines is 2. The molecule has 7 nitrogen and oxygen atoms in total. The van der Waals surface area contributed by atoms with Gasteiger partial charge in [-0.05, 0) is 35.9 Å². The summed E-state index contributed by atoms with van der Waals surface area (Å²) in [6, 6.07) is 11.9. The lowest BCUT2D eigenvalue weighted by Gasteiger charge is -2.18. The predicted octanol–water partition coefficient (Wildman–Crippen LogP) is 2.48. The molecule has 2 aromatic carbocycles. The average molecular weight is 374 g/mol. The normalized spacial score (nSPS) is 13.4. The third-order valence-electron chi connectivity index (χ3n) is 3.45. The number of carbonyl (C=O) groups excluding carboxylic acids is 1. The van der Waals surface area contributed by atoms with Crippen LogP contribution in [-0.2, 0) is 14.8 Å². The Hall–Kier alpha value is -3.00. The Bertz CT molecular complexity index is 937. The zero-order valence-electron chi connectivity index (χ0n) is 14.1. The van der Waals surface area contributed by atoms with Crippen LogP contribution in [0.3, 0.4) is 0 Å². The van der Waals surface area contributed by atoms with Gasteiger partial charge in [-0.3, -0.25) is 9.52 Å². The van der Waals surface area contributed by atoms with Crippen LogP contribution < -0.4 is 19.5 Å². The Balaban J connectivity index is 1.61. The molecule has 3 rings (SSSR count). The standard InChI is InChI=1S/C18H18N2O5S/c1-26(22,23)20-14-5-2-13(3-6-14)4-9-18(21)19-15-7-8-16-17(12-15)25-11-10-24-16/h2-9,12,20H,10-11H2,1H3,(H,19,21)/b9-4+. The van der Waals surface area contributed by atoms with Gasteiger partial charge in [0.25, 0.3) is 0 Å². The topological polar surface area (TPSA) is 93.7 Å². The zero-order valence-corrected chi connectivity index (χ0v) is 14.9. The van der Waals surface area contributed by atoms with E-state index in [9.17, 15) is 13.2 Å². The summed E-state index contributed by atoms with van der Waals surface area (Å²) in [7, 11) is -3.31. The molecule has 1 aliphatic rings. The SMILES string of the molecule is CS(=O)(=O)Nc1ccc(/C=C/C(=O)Nc2ccc3c(c2)OCCO3)cc1. The fourth-order valence-corrected chi connectivity index (χ4v) is 2.92. The number of hydrogen-bond acceptors (Lipinski definition) is 5. The monoisotopic (exact) mass is 374 g/mol. The fourth-order valence-electron chi connectivity index (χ4n) is 2.35. The fraction of sp³-hybridized carbons (Fsp3) is 0.167. The van der Waals surface area contributed by atoms with E-state index in [4.69, 9.17) is 9.47 Å². The number of nitrogens with one attached hydrogen (secondary N) is 2. The minimum absolute atomic E-state index is 0.292.